The summed E-state index contributed by atoms with van der Waals surface area (Å²) < 4.78 is 2.09. The van der Waals surface area contributed by atoms with Gasteiger partial charge in [0.2, 0.25) is 0 Å². The van der Waals surface area contributed by atoms with E-state index in [0.29, 0.717) is 13.1 Å². The lowest BCUT2D eigenvalue weighted by molar-refractivity contribution is 0.0745. The van der Waals surface area contributed by atoms with E-state index in [-0.39, 0.29) is 11.8 Å². The zero-order chi connectivity index (χ0) is 22.1. The van der Waals surface area contributed by atoms with Gasteiger partial charge in [0, 0.05) is 61.4 Å². The molecule has 1 aliphatic rings. The number of carbonyl (C=O) groups excluding carboxylic acids is 1. The Morgan fingerprint density at radius 3 is 2.42 bits per heavy atom. The number of hydrogen-bond donors (Lipinski definition) is 0. The molecule has 1 amide bonds. The summed E-state index contributed by atoms with van der Waals surface area (Å²) in [6, 6.07) is 7.94. The van der Waals surface area contributed by atoms with E-state index in [1.807, 2.05) is 56.1 Å². The van der Waals surface area contributed by atoms with Gasteiger partial charge in [0.15, 0.2) is 0 Å². The number of amides is 1. The van der Waals surface area contributed by atoms with Gasteiger partial charge in [0.05, 0.1) is 17.4 Å². The highest BCUT2D eigenvalue weighted by atomic mass is 16.2. The molecule has 162 valence electrons. The van der Waals surface area contributed by atoms with Crippen molar-refractivity contribution in [2.24, 2.45) is 0 Å². The molecule has 0 aliphatic carbocycles. The smallest absolute Gasteiger partial charge is 0.255 e. The van der Waals surface area contributed by atoms with E-state index in [2.05, 4.69) is 33.3 Å². The fourth-order valence-corrected chi connectivity index (χ4v) is 4.17. The standard InChI is InChI=1S/C24H30N6O/c1-16(2)23-26-17(3)13-22(27-23)28-9-11-29(12-10-28)24(31)21-14-18(4)30(19(21)5)20-7-6-8-25-15-20/h6-8,13-16H,9-12H2,1-5H3. The second-order valence-corrected chi connectivity index (χ2v) is 8.49. The molecule has 0 atom stereocenters. The Kier molecular flexibility index (Phi) is 5.76. The number of rotatable bonds is 4. The SMILES string of the molecule is Cc1cc(N2CCN(C(=O)c3cc(C)n(-c4cccnc4)c3C)CC2)nc(C(C)C)n1. The van der Waals surface area contributed by atoms with Crippen molar-refractivity contribution in [2.45, 2.75) is 40.5 Å². The van der Waals surface area contributed by atoms with E-state index in [1.165, 1.54) is 0 Å². The van der Waals surface area contributed by atoms with Gasteiger partial charge in [-0.2, -0.15) is 0 Å². The third-order valence-corrected chi connectivity index (χ3v) is 5.83. The molecule has 1 saturated heterocycles. The van der Waals surface area contributed by atoms with Gasteiger partial charge in [-0.25, -0.2) is 9.97 Å². The third-order valence-electron chi connectivity index (χ3n) is 5.83. The molecular formula is C24H30N6O. The van der Waals surface area contributed by atoms with E-state index in [9.17, 15) is 4.79 Å². The molecule has 0 saturated carbocycles. The van der Waals surface area contributed by atoms with Crippen molar-refractivity contribution in [3.05, 3.63) is 65.1 Å². The van der Waals surface area contributed by atoms with Crippen LogP contribution in [0.5, 0.6) is 0 Å². The lowest BCUT2D eigenvalue weighted by Crippen LogP contribution is -2.49. The van der Waals surface area contributed by atoms with Crippen LogP contribution in [0, 0.1) is 20.8 Å². The van der Waals surface area contributed by atoms with Crippen molar-refractivity contribution in [2.75, 3.05) is 31.1 Å². The average molecular weight is 419 g/mol. The van der Waals surface area contributed by atoms with E-state index in [1.54, 1.807) is 6.20 Å². The number of piperazine rings is 1. The van der Waals surface area contributed by atoms with Gasteiger partial charge < -0.3 is 14.4 Å². The zero-order valence-electron chi connectivity index (χ0n) is 19.0. The maximum Gasteiger partial charge on any atom is 0.255 e. The summed E-state index contributed by atoms with van der Waals surface area (Å²) in [4.78, 5) is 31.0. The summed E-state index contributed by atoms with van der Waals surface area (Å²) in [6.45, 7) is 13.1. The minimum Gasteiger partial charge on any atom is -0.353 e. The number of aryl methyl sites for hydroxylation is 2. The minimum absolute atomic E-state index is 0.0876. The molecule has 3 aromatic rings. The first-order chi connectivity index (χ1) is 14.8. The van der Waals surface area contributed by atoms with Crippen LogP contribution in [0.4, 0.5) is 5.82 Å². The Morgan fingerprint density at radius 1 is 1.03 bits per heavy atom. The molecule has 4 heterocycles. The molecule has 1 aliphatic heterocycles. The van der Waals surface area contributed by atoms with E-state index < -0.39 is 0 Å². The van der Waals surface area contributed by atoms with E-state index in [4.69, 9.17) is 4.98 Å². The van der Waals surface area contributed by atoms with Gasteiger partial charge in [-0.1, -0.05) is 13.8 Å². The monoisotopic (exact) mass is 418 g/mol. The highest BCUT2D eigenvalue weighted by molar-refractivity contribution is 5.96. The Balaban J connectivity index is 1.50. The molecule has 1 fully saturated rings. The van der Waals surface area contributed by atoms with Crippen molar-refractivity contribution in [1.29, 1.82) is 0 Å². The predicted molar refractivity (Wildman–Crippen MR) is 122 cm³/mol. The molecule has 0 aromatic carbocycles. The van der Waals surface area contributed by atoms with Crippen molar-refractivity contribution in [1.82, 2.24) is 24.4 Å². The summed E-state index contributed by atoms with van der Waals surface area (Å²) in [5, 5.41) is 0. The maximum atomic E-state index is 13.3. The van der Waals surface area contributed by atoms with Gasteiger partial charge in [-0.05, 0) is 39.0 Å². The summed E-state index contributed by atoms with van der Waals surface area (Å²) in [7, 11) is 0. The Morgan fingerprint density at radius 2 is 1.77 bits per heavy atom. The Hall–Kier alpha value is -3.22. The van der Waals surface area contributed by atoms with Crippen molar-refractivity contribution in [3.8, 4) is 5.69 Å². The first kappa shape index (κ1) is 21.0. The van der Waals surface area contributed by atoms with E-state index in [0.717, 1.165) is 53.1 Å². The second-order valence-electron chi connectivity index (χ2n) is 8.49. The number of anilines is 1. The molecule has 3 aromatic heterocycles. The molecule has 7 nitrogen and oxygen atoms in total. The van der Waals surface area contributed by atoms with Crippen LogP contribution >= 0.6 is 0 Å². The minimum atomic E-state index is 0.0876. The first-order valence-corrected chi connectivity index (χ1v) is 10.8. The molecule has 0 N–H and O–H groups in total. The first-order valence-electron chi connectivity index (χ1n) is 10.8. The molecule has 0 spiro atoms. The normalized spacial score (nSPS) is 14.4. The number of pyridine rings is 1. The number of carbonyl (C=O) groups is 1. The largest absolute Gasteiger partial charge is 0.353 e. The van der Waals surface area contributed by atoms with Crippen LogP contribution in [-0.2, 0) is 0 Å². The van der Waals surface area contributed by atoms with Gasteiger partial charge in [-0.3, -0.25) is 9.78 Å². The molecule has 0 bridgehead atoms. The highest BCUT2D eigenvalue weighted by Gasteiger charge is 2.26. The van der Waals surface area contributed by atoms with Crippen LogP contribution in [0.2, 0.25) is 0 Å². The maximum absolute atomic E-state index is 13.3. The number of hydrogen-bond acceptors (Lipinski definition) is 5. The summed E-state index contributed by atoms with van der Waals surface area (Å²) in [5.41, 5.74) is 4.70. The van der Waals surface area contributed by atoms with Crippen LogP contribution in [0.25, 0.3) is 5.69 Å². The third kappa shape index (κ3) is 4.17. The fourth-order valence-electron chi connectivity index (χ4n) is 4.17. The lowest BCUT2D eigenvalue weighted by atomic mass is 10.2. The molecule has 0 unspecified atom stereocenters. The van der Waals surface area contributed by atoms with Crippen molar-refractivity contribution >= 4 is 11.7 Å². The summed E-state index contributed by atoms with van der Waals surface area (Å²) in [6.07, 6.45) is 3.58. The second kappa shape index (κ2) is 8.49. The van der Waals surface area contributed by atoms with E-state index >= 15 is 0 Å². The van der Waals surface area contributed by atoms with Gasteiger partial charge in [-0.15, -0.1) is 0 Å². The topological polar surface area (TPSA) is 67.2 Å². The van der Waals surface area contributed by atoms with Gasteiger partial charge in [0.1, 0.15) is 11.6 Å². The summed E-state index contributed by atoms with van der Waals surface area (Å²) >= 11 is 0. The van der Waals surface area contributed by atoms with Crippen molar-refractivity contribution < 1.29 is 4.79 Å². The quantitative estimate of drug-likeness (QED) is 0.647. The molecule has 0 radical (unpaired) electrons. The number of aromatic nitrogens is 4. The molecule has 31 heavy (non-hydrogen) atoms. The van der Waals surface area contributed by atoms with Gasteiger partial charge >= 0.3 is 0 Å². The van der Waals surface area contributed by atoms with Crippen molar-refractivity contribution in [3.63, 3.8) is 0 Å². The molecule has 7 heteroatoms. The van der Waals surface area contributed by atoms with Crippen LogP contribution in [0.3, 0.4) is 0 Å². The summed E-state index contributed by atoms with van der Waals surface area (Å²) in [5.74, 6) is 2.20. The highest BCUT2D eigenvalue weighted by Crippen LogP contribution is 2.23. The Bertz CT molecular complexity index is 1080. The molecular weight excluding hydrogens is 388 g/mol. The predicted octanol–water partition coefficient (Wildman–Crippen LogP) is 3.67. The average Bonchev–Trinajstić information content (AvgIpc) is 3.07. The van der Waals surface area contributed by atoms with Crippen LogP contribution in [0.15, 0.2) is 36.7 Å². The van der Waals surface area contributed by atoms with Crippen LogP contribution in [-0.4, -0.2) is 56.5 Å². The van der Waals surface area contributed by atoms with Crippen LogP contribution < -0.4 is 4.90 Å². The van der Waals surface area contributed by atoms with Gasteiger partial charge in [0.25, 0.3) is 5.91 Å². The Labute approximate surface area is 183 Å². The van der Waals surface area contributed by atoms with Crippen LogP contribution in [0.1, 0.15) is 53.0 Å². The number of nitrogens with zero attached hydrogens (tertiary/aromatic N) is 6. The lowest BCUT2D eigenvalue weighted by Gasteiger charge is -2.35. The zero-order valence-corrected chi connectivity index (χ0v) is 19.0. The molecule has 4 rings (SSSR count). The fraction of sp³-hybridized carbons (Fsp3) is 0.417.